The Labute approximate surface area is 195 Å². The van der Waals surface area contributed by atoms with Crippen molar-refractivity contribution >= 4 is 33.2 Å². The molecule has 0 spiro atoms. The third-order valence-electron chi connectivity index (χ3n) is 5.41. The van der Waals surface area contributed by atoms with E-state index in [1.807, 2.05) is 61.5 Å². The number of amides is 1. The number of carbonyl (C=O) groups excluding carboxylic acids is 1. The number of anilines is 1. The summed E-state index contributed by atoms with van der Waals surface area (Å²) in [7, 11) is 7.18. The van der Waals surface area contributed by atoms with Gasteiger partial charge in [0.1, 0.15) is 0 Å². The topological polar surface area (TPSA) is 67.5 Å². The van der Waals surface area contributed by atoms with Gasteiger partial charge in [0.25, 0.3) is 0 Å². The lowest BCUT2D eigenvalue weighted by Crippen LogP contribution is -2.26. The number of nitrogens with zero attached hydrogens (tertiary/aromatic N) is 3. The number of ether oxygens (including phenoxy) is 2. The molecule has 2 heterocycles. The van der Waals surface area contributed by atoms with Gasteiger partial charge in [0.15, 0.2) is 21.9 Å². The van der Waals surface area contributed by atoms with Gasteiger partial charge in [-0.2, -0.15) is 5.10 Å². The highest BCUT2D eigenvalue weighted by Gasteiger charge is 2.35. The third kappa shape index (κ3) is 4.23. The summed E-state index contributed by atoms with van der Waals surface area (Å²) in [6, 6.07) is 16.9. The summed E-state index contributed by atoms with van der Waals surface area (Å²) in [6.45, 7) is 0. The molecule has 0 radical (unpaired) electrons. The Morgan fingerprint density at radius 3 is 2.38 bits per heavy atom. The van der Waals surface area contributed by atoms with Crippen LogP contribution in [0.3, 0.4) is 0 Å². The summed E-state index contributed by atoms with van der Waals surface area (Å²) >= 11 is 3.26. The maximum absolute atomic E-state index is 13.3. The first-order valence-electron chi connectivity index (χ1n) is 10.1. The van der Waals surface area contributed by atoms with E-state index in [-0.39, 0.29) is 17.7 Å². The number of halogens is 1. The molecule has 0 N–H and O–H groups in total. The number of carbonyl (C=O) groups is 1. The van der Waals surface area contributed by atoms with E-state index in [0.29, 0.717) is 22.6 Å². The molecule has 1 aromatic heterocycles. The fourth-order valence-corrected chi connectivity index (χ4v) is 3.99. The first-order chi connectivity index (χ1) is 15.4. The molecule has 1 atom stereocenters. The van der Waals surface area contributed by atoms with Gasteiger partial charge >= 0.3 is 5.91 Å². The lowest BCUT2D eigenvalue weighted by atomic mass is 9.97. The van der Waals surface area contributed by atoms with Crippen LogP contribution in [0.15, 0.2) is 68.8 Å². The van der Waals surface area contributed by atoms with Crippen molar-refractivity contribution in [1.29, 1.82) is 0 Å². The van der Waals surface area contributed by atoms with Crippen molar-refractivity contribution in [2.24, 2.45) is 5.10 Å². The molecule has 2 aromatic carbocycles. The minimum Gasteiger partial charge on any atom is -0.493 e. The van der Waals surface area contributed by atoms with Gasteiger partial charge in [-0.25, -0.2) is 5.01 Å². The Hall–Kier alpha value is -3.26. The molecular formula is C24H24BrN3O4. The maximum atomic E-state index is 13.3. The second kappa shape index (κ2) is 9.08. The molecule has 1 amide bonds. The first-order valence-corrected chi connectivity index (χ1v) is 10.9. The van der Waals surface area contributed by atoms with Crippen molar-refractivity contribution in [3.05, 3.63) is 76.2 Å². The van der Waals surface area contributed by atoms with Crippen LogP contribution in [-0.2, 0) is 0 Å². The van der Waals surface area contributed by atoms with Crippen LogP contribution in [0.2, 0.25) is 0 Å². The lowest BCUT2D eigenvalue weighted by Gasteiger charge is -2.22. The largest absolute Gasteiger partial charge is 0.493 e. The van der Waals surface area contributed by atoms with Crippen LogP contribution in [0.4, 0.5) is 5.69 Å². The molecule has 0 aliphatic carbocycles. The van der Waals surface area contributed by atoms with E-state index in [4.69, 9.17) is 19.0 Å². The minimum atomic E-state index is -0.298. The number of furan rings is 1. The summed E-state index contributed by atoms with van der Waals surface area (Å²) in [6.07, 6.45) is 0.560. The summed E-state index contributed by atoms with van der Waals surface area (Å²) in [4.78, 5) is 15.3. The number of hydrazone groups is 1. The smallest absolute Gasteiger partial charge is 0.310 e. The van der Waals surface area contributed by atoms with Gasteiger partial charge in [-0.05, 0) is 64.0 Å². The monoisotopic (exact) mass is 497 g/mol. The molecular weight excluding hydrogens is 474 g/mol. The number of hydrogen-bond acceptors (Lipinski definition) is 6. The number of hydrogen-bond donors (Lipinski definition) is 0. The molecule has 32 heavy (non-hydrogen) atoms. The lowest BCUT2D eigenvalue weighted by molar-refractivity contribution is 0.0677. The van der Waals surface area contributed by atoms with Crippen LogP contribution in [0.1, 0.15) is 34.1 Å². The van der Waals surface area contributed by atoms with Crippen molar-refractivity contribution in [3.8, 4) is 11.5 Å². The van der Waals surface area contributed by atoms with Gasteiger partial charge in [0, 0.05) is 31.8 Å². The molecule has 4 rings (SSSR count). The summed E-state index contributed by atoms with van der Waals surface area (Å²) in [5.41, 5.74) is 3.73. The molecule has 1 aliphatic rings. The van der Waals surface area contributed by atoms with Gasteiger partial charge in [-0.1, -0.05) is 12.1 Å². The Morgan fingerprint density at radius 2 is 1.78 bits per heavy atom. The first kappa shape index (κ1) is 22.0. The Kier molecular flexibility index (Phi) is 6.23. The predicted octanol–water partition coefficient (Wildman–Crippen LogP) is 5.12. The summed E-state index contributed by atoms with van der Waals surface area (Å²) < 4.78 is 16.8. The van der Waals surface area contributed by atoms with E-state index in [9.17, 15) is 4.79 Å². The second-order valence-electron chi connectivity index (χ2n) is 7.58. The maximum Gasteiger partial charge on any atom is 0.310 e. The molecule has 0 bridgehead atoms. The molecule has 0 fully saturated rings. The van der Waals surface area contributed by atoms with Crippen LogP contribution in [0.5, 0.6) is 11.5 Å². The van der Waals surface area contributed by atoms with E-state index < -0.39 is 0 Å². The number of methoxy groups -OCH3 is 2. The molecule has 0 saturated heterocycles. The molecule has 1 aliphatic heterocycles. The second-order valence-corrected chi connectivity index (χ2v) is 8.36. The van der Waals surface area contributed by atoms with Crippen LogP contribution in [0, 0.1) is 0 Å². The number of benzene rings is 2. The molecule has 7 nitrogen and oxygen atoms in total. The van der Waals surface area contributed by atoms with Crippen LogP contribution in [0.25, 0.3) is 0 Å². The van der Waals surface area contributed by atoms with Crippen molar-refractivity contribution < 1.29 is 18.7 Å². The van der Waals surface area contributed by atoms with Crippen molar-refractivity contribution in [3.63, 3.8) is 0 Å². The standard InChI is InChI=1S/C24H24BrN3O4/c1-27(2)17-8-5-15(6-9-17)19-14-18(16-7-10-20(30-3)22(13-16)31-4)26-28(19)24(29)21-11-12-23(25)32-21/h5-13,19H,14H2,1-4H3/t19-/m0/s1. The van der Waals surface area contributed by atoms with Crippen LogP contribution >= 0.6 is 15.9 Å². The predicted molar refractivity (Wildman–Crippen MR) is 127 cm³/mol. The molecule has 0 saturated carbocycles. The highest BCUT2D eigenvalue weighted by Crippen LogP contribution is 2.37. The van der Waals surface area contributed by atoms with E-state index in [2.05, 4.69) is 15.9 Å². The normalized spacial score (nSPS) is 15.5. The number of rotatable bonds is 6. The van der Waals surface area contributed by atoms with E-state index in [0.717, 1.165) is 22.5 Å². The van der Waals surface area contributed by atoms with E-state index in [1.54, 1.807) is 26.4 Å². The molecule has 8 heteroatoms. The van der Waals surface area contributed by atoms with Crippen molar-refractivity contribution in [1.82, 2.24) is 5.01 Å². The van der Waals surface area contributed by atoms with E-state index in [1.165, 1.54) is 5.01 Å². The molecule has 0 unspecified atom stereocenters. The third-order valence-corrected chi connectivity index (χ3v) is 5.84. The van der Waals surface area contributed by atoms with Crippen LogP contribution in [-0.4, -0.2) is 44.9 Å². The van der Waals surface area contributed by atoms with E-state index >= 15 is 0 Å². The zero-order valence-corrected chi connectivity index (χ0v) is 19.9. The van der Waals surface area contributed by atoms with Gasteiger partial charge in [0.05, 0.1) is 26.0 Å². The Bertz CT molecular complexity index is 1150. The zero-order valence-electron chi connectivity index (χ0n) is 18.3. The SMILES string of the molecule is COc1ccc(C2=NN(C(=O)c3ccc(Br)o3)[C@H](c3ccc(N(C)C)cc3)C2)cc1OC. The van der Waals surface area contributed by atoms with Gasteiger partial charge < -0.3 is 18.8 Å². The Balaban J connectivity index is 1.72. The van der Waals surface area contributed by atoms with Gasteiger partial charge in [-0.3, -0.25) is 4.79 Å². The van der Waals surface area contributed by atoms with Gasteiger partial charge in [0.2, 0.25) is 0 Å². The zero-order chi connectivity index (χ0) is 22.8. The van der Waals surface area contributed by atoms with Crippen molar-refractivity contribution in [2.45, 2.75) is 12.5 Å². The quantitative estimate of drug-likeness (QED) is 0.472. The Morgan fingerprint density at radius 1 is 1.06 bits per heavy atom. The highest BCUT2D eigenvalue weighted by molar-refractivity contribution is 9.10. The van der Waals surface area contributed by atoms with Crippen molar-refractivity contribution in [2.75, 3.05) is 33.2 Å². The molecule has 166 valence electrons. The molecule has 3 aromatic rings. The summed E-state index contributed by atoms with van der Waals surface area (Å²) in [5.74, 6) is 1.18. The van der Waals surface area contributed by atoms with Gasteiger partial charge in [-0.15, -0.1) is 0 Å². The summed E-state index contributed by atoms with van der Waals surface area (Å²) in [5, 5.41) is 6.21. The van der Waals surface area contributed by atoms with Crippen LogP contribution < -0.4 is 14.4 Å². The minimum absolute atomic E-state index is 0.226. The highest BCUT2D eigenvalue weighted by atomic mass is 79.9. The average Bonchev–Trinajstić information content (AvgIpc) is 3.45. The fraction of sp³-hybridized carbons (Fsp3) is 0.250. The average molecular weight is 498 g/mol. The fourth-order valence-electron chi connectivity index (χ4n) is 3.68.